The molecule has 0 aromatic heterocycles. The van der Waals surface area contributed by atoms with Crippen LogP contribution in [0.4, 0.5) is 15.8 Å². The van der Waals surface area contributed by atoms with Crippen molar-refractivity contribution >= 4 is 11.4 Å². The lowest BCUT2D eigenvalue weighted by Crippen LogP contribution is -2.08. The van der Waals surface area contributed by atoms with E-state index in [1.807, 2.05) is 32.0 Å². The van der Waals surface area contributed by atoms with Crippen molar-refractivity contribution in [2.75, 3.05) is 11.1 Å². The Kier molecular flexibility index (Phi) is 3.51. The molecule has 0 saturated carbocycles. The number of nitrogens with one attached hydrogen (secondary N) is 1. The summed E-state index contributed by atoms with van der Waals surface area (Å²) < 4.78 is 12.9. The average Bonchev–Trinajstić information content (AvgIpc) is 2.34. The number of rotatable bonds is 3. The normalized spacial score (nSPS) is 12.2. The van der Waals surface area contributed by atoms with Crippen molar-refractivity contribution in [1.29, 1.82) is 0 Å². The maximum absolute atomic E-state index is 12.9. The Balaban J connectivity index is 2.18. The van der Waals surface area contributed by atoms with E-state index in [2.05, 4.69) is 5.32 Å². The van der Waals surface area contributed by atoms with E-state index in [1.54, 1.807) is 12.1 Å². The standard InChI is InChI=1S/C15H17FN2/c1-10-3-8-14(17)15(9-10)18-11(2)12-4-6-13(16)7-5-12/h3-9,11,18H,17H2,1-2H3. The smallest absolute Gasteiger partial charge is 0.123 e. The second-order valence-corrected chi connectivity index (χ2v) is 4.51. The number of benzene rings is 2. The monoisotopic (exact) mass is 244 g/mol. The predicted molar refractivity (Wildman–Crippen MR) is 74.0 cm³/mol. The molecule has 2 aromatic rings. The molecule has 94 valence electrons. The number of anilines is 2. The summed E-state index contributed by atoms with van der Waals surface area (Å²) in [6.07, 6.45) is 0. The van der Waals surface area contributed by atoms with E-state index in [-0.39, 0.29) is 11.9 Å². The van der Waals surface area contributed by atoms with Crippen LogP contribution in [0, 0.1) is 12.7 Å². The van der Waals surface area contributed by atoms with Crippen molar-refractivity contribution < 1.29 is 4.39 Å². The van der Waals surface area contributed by atoms with Crippen LogP contribution in [0.15, 0.2) is 42.5 Å². The van der Waals surface area contributed by atoms with E-state index in [4.69, 9.17) is 5.73 Å². The molecule has 3 N–H and O–H groups in total. The molecule has 2 rings (SSSR count). The second-order valence-electron chi connectivity index (χ2n) is 4.51. The minimum Gasteiger partial charge on any atom is -0.397 e. The summed E-state index contributed by atoms with van der Waals surface area (Å²) >= 11 is 0. The molecule has 0 heterocycles. The van der Waals surface area contributed by atoms with Gasteiger partial charge in [0.2, 0.25) is 0 Å². The topological polar surface area (TPSA) is 38.0 Å². The maximum atomic E-state index is 12.9. The van der Waals surface area contributed by atoms with E-state index < -0.39 is 0 Å². The van der Waals surface area contributed by atoms with Crippen LogP contribution < -0.4 is 11.1 Å². The second kappa shape index (κ2) is 5.08. The van der Waals surface area contributed by atoms with Gasteiger partial charge in [-0.1, -0.05) is 18.2 Å². The van der Waals surface area contributed by atoms with Crippen LogP contribution in [-0.4, -0.2) is 0 Å². The van der Waals surface area contributed by atoms with Crippen LogP contribution in [-0.2, 0) is 0 Å². The van der Waals surface area contributed by atoms with E-state index in [1.165, 1.54) is 12.1 Å². The minimum absolute atomic E-state index is 0.0784. The molecule has 0 aliphatic carbocycles. The SMILES string of the molecule is Cc1ccc(N)c(NC(C)c2ccc(F)cc2)c1. The fraction of sp³-hybridized carbons (Fsp3) is 0.200. The zero-order chi connectivity index (χ0) is 13.1. The molecule has 0 aliphatic heterocycles. The van der Waals surface area contributed by atoms with E-state index >= 15 is 0 Å². The maximum Gasteiger partial charge on any atom is 0.123 e. The quantitative estimate of drug-likeness (QED) is 0.804. The summed E-state index contributed by atoms with van der Waals surface area (Å²) in [6, 6.07) is 12.4. The number of hydrogen-bond acceptors (Lipinski definition) is 2. The lowest BCUT2D eigenvalue weighted by atomic mass is 10.1. The van der Waals surface area contributed by atoms with Crippen molar-refractivity contribution in [3.05, 3.63) is 59.4 Å². The highest BCUT2D eigenvalue weighted by molar-refractivity contribution is 5.67. The molecule has 0 bridgehead atoms. The third kappa shape index (κ3) is 2.80. The molecule has 1 unspecified atom stereocenters. The molecule has 0 aliphatic rings. The van der Waals surface area contributed by atoms with Crippen LogP contribution in [0.5, 0.6) is 0 Å². The lowest BCUT2D eigenvalue weighted by Gasteiger charge is -2.17. The summed E-state index contributed by atoms with van der Waals surface area (Å²) in [7, 11) is 0. The highest BCUT2D eigenvalue weighted by atomic mass is 19.1. The summed E-state index contributed by atoms with van der Waals surface area (Å²) in [5.41, 5.74) is 9.72. The fourth-order valence-electron chi connectivity index (χ4n) is 1.86. The molecule has 2 aromatic carbocycles. The van der Waals surface area contributed by atoms with Gasteiger partial charge in [-0.15, -0.1) is 0 Å². The molecule has 18 heavy (non-hydrogen) atoms. The third-order valence-corrected chi connectivity index (χ3v) is 2.95. The number of nitrogens with two attached hydrogens (primary N) is 1. The van der Waals surface area contributed by atoms with Crippen molar-refractivity contribution in [2.45, 2.75) is 19.9 Å². The number of halogens is 1. The summed E-state index contributed by atoms with van der Waals surface area (Å²) in [6.45, 7) is 4.04. The van der Waals surface area contributed by atoms with Gasteiger partial charge in [-0.2, -0.15) is 0 Å². The fourth-order valence-corrected chi connectivity index (χ4v) is 1.86. The molecular formula is C15H17FN2. The van der Waals surface area contributed by atoms with Gasteiger partial charge in [0.15, 0.2) is 0 Å². The van der Waals surface area contributed by atoms with Crippen LogP contribution in [0.1, 0.15) is 24.1 Å². The molecular weight excluding hydrogens is 227 g/mol. The van der Waals surface area contributed by atoms with Gasteiger partial charge in [0, 0.05) is 6.04 Å². The van der Waals surface area contributed by atoms with E-state index in [0.29, 0.717) is 0 Å². The Morgan fingerprint density at radius 1 is 1.11 bits per heavy atom. The number of hydrogen-bond donors (Lipinski definition) is 2. The Bertz CT molecular complexity index is 535. The van der Waals surface area contributed by atoms with Gasteiger partial charge in [-0.25, -0.2) is 4.39 Å². The Morgan fingerprint density at radius 3 is 2.44 bits per heavy atom. The number of aryl methyl sites for hydroxylation is 1. The van der Waals surface area contributed by atoms with Crippen molar-refractivity contribution in [2.24, 2.45) is 0 Å². The third-order valence-electron chi connectivity index (χ3n) is 2.95. The van der Waals surface area contributed by atoms with Gasteiger partial charge in [-0.3, -0.25) is 0 Å². The lowest BCUT2D eigenvalue weighted by molar-refractivity contribution is 0.626. The molecule has 1 atom stereocenters. The van der Waals surface area contributed by atoms with Gasteiger partial charge >= 0.3 is 0 Å². The van der Waals surface area contributed by atoms with Crippen LogP contribution in [0.3, 0.4) is 0 Å². The zero-order valence-electron chi connectivity index (χ0n) is 10.6. The van der Waals surface area contributed by atoms with Gasteiger partial charge in [0.05, 0.1) is 11.4 Å². The largest absolute Gasteiger partial charge is 0.397 e. The summed E-state index contributed by atoms with van der Waals surface area (Å²) in [5, 5.41) is 3.34. The molecule has 0 spiro atoms. The van der Waals surface area contributed by atoms with Crippen LogP contribution in [0.2, 0.25) is 0 Å². The Labute approximate surface area is 107 Å². The highest BCUT2D eigenvalue weighted by Gasteiger charge is 2.07. The van der Waals surface area contributed by atoms with E-state index in [0.717, 1.165) is 22.5 Å². The minimum atomic E-state index is -0.221. The molecule has 0 saturated heterocycles. The van der Waals surface area contributed by atoms with Crippen molar-refractivity contribution in [1.82, 2.24) is 0 Å². The molecule has 0 amide bonds. The first-order valence-corrected chi connectivity index (χ1v) is 5.94. The average molecular weight is 244 g/mol. The molecule has 3 heteroatoms. The first kappa shape index (κ1) is 12.4. The van der Waals surface area contributed by atoms with Gasteiger partial charge in [-0.05, 0) is 49.2 Å². The Morgan fingerprint density at radius 2 is 1.78 bits per heavy atom. The van der Waals surface area contributed by atoms with Crippen molar-refractivity contribution in [3.8, 4) is 0 Å². The van der Waals surface area contributed by atoms with Gasteiger partial charge in [0.1, 0.15) is 5.82 Å². The predicted octanol–water partition coefficient (Wildman–Crippen LogP) is 3.89. The summed E-state index contributed by atoms with van der Waals surface area (Å²) in [5.74, 6) is -0.221. The van der Waals surface area contributed by atoms with Gasteiger partial charge < -0.3 is 11.1 Å². The van der Waals surface area contributed by atoms with Crippen molar-refractivity contribution in [3.63, 3.8) is 0 Å². The van der Waals surface area contributed by atoms with E-state index in [9.17, 15) is 4.39 Å². The molecule has 0 radical (unpaired) electrons. The van der Waals surface area contributed by atoms with Crippen LogP contribution in [0.25, 0.3) is 0 Å². The summed E-state index contributed by atoms with van der Waals surface area (Å²) in [4.78, 5) is 0. The van der Waals surface area contributed by atoms with Gasteiger partial charge in [0.25, 0.3) is 0 Å². The molecule has 2 nitrogen and oxygen atoms in total. The highest BCUT2D eigenvalue weighted by Crippen LogP contribution is 2.25. The number of nitrogen functional groups attached to an aromatic ring is 1. The first-order valence-electron chi connectivity index (χ1n) is 5.94. The Hall–Kier alpha value is -2.03. The van der Waals surface area contributed by atoms with Crippen LogP contribution >= 0.6 is 0 Å². The first-order chi connectivity index (χ1) is 8.56. The zero-order valence-corrected chi connectivity index (χ0v) is 10.6. The molecule has 0 fully saturated rings.